The molecule has 1 aliphatic carbocycles. The van der Waals surface area contributed by atoms with Crippen molar-refractivity contribution in [2.75, 3.05) is 12.3 Å². The second kappa shape index (κ2) is 5.89. The summed E-state index contributed by atoms with van der Waals surface area (Å²) in [6, 6.07) is 7.81. The van der Waals surface area contributed by atoms with Gasteiger partial charge in [0.15, 0.2) is 0 Å². The molecule has 1 fully saturated rings. The van der Waals surface area contributed by atoms with Crippen molar-refractivity contribution in [3.05, 3.63) is 29.8 Å². The van der Waals surface area contributed by atoms with Gasteiger partial charge in [-0.25, -0.2) is 0 Å². The molecule has 1 aromatic carbocycles. The molecule has 2 rings (SSSR count). The van der Waals surface area contributed by atoms with Crippen molar-refractivity contribution in [2.24, 2.45) is 5.92 Å². The maximum atomic E-state index is 12.3. The molecule has 0 aromatic heterocycles. The highest BCUT2D eigenvalue weighted by Crippen LogP contribution is 2.29. The van der Waals surface area contributed by atoms with Crippen molar-refractivity contribution in [3.63, 3.8) is 0 Å². The Labute approximate surface area is 109 Å². The van der Waals surface area contributed by atoms with Crippen LogP contribution in [0.15, 0.2) is 24.3 Å². The number of benzene rings is 1. The number of carbonyl (C=O) groups is 1. The predicted octanol–water partition coefficient (Wildman–Crippen LogP) is 2.81. The van der Waals surface area contributed by atoms with Crippen LogP contribution in [0.1, 0.15) is 38.2 Å². The number of nitrogens with zero attached hydrogens (tertiary/aromatic N) is 1. The molecule has 0 saturated heterocycles. The minimum Gasteiger partial charge on any atom is -0.398 e. The van der Waals surface area contributed by atoms with E-state index in [1.54, 1.807) is 0 Å². The molecule has 1 aliphatic rings. The lowest BCUT2D eigenvalue weighted by molar-refractivity contribution is -0.138. The second-order valence-corrected chi connectivity index (χ2v) is 5.09. The predicted molar refractivity (Wildman–Crippen MR) is 73.9 cm³/mol. The lowest BCUT2D eigenvalue weighted by Gasteiger charge is -2.31. The fourth-order valence-corrected chi connectivity index (χ4v) is 2.33. The molecule has 0 atom stereocenters. The van der Waals surface area contributed by atoms with Gasteiger partial charge in [-0.3, -0.25) is 4.79 Å². The van der Waals surface area contributed by atoms with Crippen LogP contribution in [0.4, 0.5) is 5.69 Å². The average Bonchev–Trinajstić information content (AvgIpc) is 2.29. The summed E-state index contributed by atoms with van der Waals surface area (Å²) in [5, 5.41) is 0. The molecule has 18 heavy (non-hydrogen) atoms. The van der Waals surface area contributed by atoms with Crippen molar-refractivity contribution in [3.8, 4) is 0 Å². The Morgan fingerprint density at radius 1 is 1.39 bits per heavy atom. The van der Waals surface area contributed by atoms with Gasteiger partial charge in [-0.15, -0.1) is 0 Å². The van der Waals surface area contributed by atoms with E-state index in [0.29, 0.717) is 12.5 Å². The summed E-state index contributed by atoms with van der Waals surface area (Å²) in [4.78, 5) is 14.3. The number of hydrogen-bond acceptors (Lipinski definition) is 2. The quantitative estimate of drug-likeness (QED) is 0.812. The van der Waals surface area contributed by atoms with Crippen LogP contribution in [-0.4, -0.2) is 17.4 Å². The van der Waals surface area contributed by atoms with E-state index in [4.69, 9.17) is 5.73 Å². The summed E-state index contributed by atoms with van der Waals surface area (Å²) in [5.74, 6) is 0.577. The Morgan fingerprint density at radius 2 is 2.11 bits per heavy atom. The van der Waals surface area contributed by atoms with E-state index < -0.39 is 0 Å². The summed E-state index contributed by atoms with van der Waals surface area (Å²) in [6.45, 7) is 3.58. The van der Waals surface area contributed by atoms with Crippen molar-refractivity contribution >= 4 is 11.6 Å². The monoisotopic (exact) mass is 246 g/mol. The third-order valence-electron chi connectivity index (χ3n) is 3.68. The average molecular weight is 246 g/mol. The van der Waals surface area contributed by atoms with Gasteiger partial charge in [-0.1, -0.05) is 31.5 Å². The molecule has 1 aromatic rings. The Balaban J connectivity index is 2.05. The first-order chi connectivity index (χ1) is 8.72. The largest absolute Gasteiger partial charge is 0.398 e. The van der Waals surface area contributed by atoms with E-state index in [1.807, 2.05) is 29.2 Å². The normalized spacial score (nSPS) is 15.2. The topological polar surface area (TPSA) is 46.3 Å². The maximum Gasteiger partial charge on any atom is 0.225 e. The van der Waals surface area contributed by atoms with Crippen LogP contribution in [0.5, 0.6) is 0 Å². The van der Waals surface area contributed by atoms with E-state index in [9.17, 15) is 4.79 Å². The second-order valence-electron chi connectivity index (χ2n) is 5.09. The molecule has 0 heterocycles. The standard InChI is InChI=1S/C15H22N2O/c1-2-10-17(15(18)12-7-5-8-12)11-13-6-3-4-9-14(13)16/h3-4,6,9,12H,2,5,7-8,10-11,16H2,1H3. The van der Waals surface area contributed by atoms with Crippen LogP contribution in [0.25, 0.3) is 0 Å². The van der Waals surface area contributed by atoms with Crippen molar-refractivity contribution in [2.45, 2.75) is 39.2 Å². The fourth-order valence-electron chi connectivity index (χ4n) is 2.33. The van der Waals surface area contributed by atoms with Crippen molar-refractivity contribution in [1.29, 1.82) is 0 Å². The van der Waals surface area contributed by atoms with Crippen LogP contribution in [0, 0.1) is 5.92 Å². The van der Waals surface area contributed by atoms with Crippen LogP contribution >= 0.6 is 0 Å². The Kier molecular flexibility index (Phi) is 4.24. The van der Waals surface area contributed by atoms with Crippen LogP contribution < -0.4 is 5.73 Å². The molecule has 0 unspecified atom stereocenters. The number of para-hydroxylation sites is 1. The third-order valence-corrected chi connectivity index (χ3v) is 3.68. The number of nitrogens with two attached hydrogens (primary N) is 1. The lowest BCUT2D eigenvalue weighted by Crippen LogP contribution is -2.39. The van der Waals surface area contributed by atoms with Gasteiger partial charge in [0.2, 0.25) is 5.91 Å². The molecule has 1 amide bonds. The van der Waals surface area contributed by atoms with Gasteiger partial charge in [0.1, 0.15) is 0 Å². The zero-order valence-electron chi connectivity index (χ0n) is 11.1. The summed E-state index contributed by atoms with van der Waals surface area (Å²) in [5.41, 5.74) is 7.78. The van der Waals surface area contributed by atoms with Gasteiger partial charge in [0.25, 0.3) is 0 Å². The fraction of sp³-hybridized carbons (Fsp3) is 0.533. The Bertz CT molecular complexity index is 413. The zero-order valence-corrected chi connectivity index (χ0v) is 11.1. The minimum atomic E-state index is 0.265. The first-order valence-corrected chi connectivity index (χ1v) is 6.84. The van der Waals surface area contributed by atoms with Crippen molar-refractivity contribution in [1.82, 2.24) is 4.90 Å². The first kappa shape index (κ1) is 12.9. The van der Waals surface area contributed by atoms with E-state index in [-0.39, 0.29) is 5.92 Å². The molecular formula is C15H22N2O. The zero-order chi connectivity index (χ0) is 13.0. The lowest BCUT2D eigenvalue weighted by atomic mass is 9.84. The molecular weight excluding hydrogens is 224 g/mol. The van der Waals surface area contributed by atoms with Gasteiger partial charge < -0.3 is 10.6 Å². The third kappa shape index (κ3) is 2.84. The Hall–Kier alpha value is -1.51. The highest BCUT2D eigenvalue weighted by Gasteiger charge is 2.29. The highest BCUT2D eigenvalue weighted by atomic mass is 16.2. The molecule has 0 spiro atoms. The molecule has 2 N–H and O–H groups in total. The van der Waals surface area contributed by atoms with E-state index >= 15 is 0 Å². The molecule has 98 valence electrons. The number of anilines is 1. The minimum absolute atomic E-state index is 0.265. The summed E-state index contributed by atoms with van der Waals surface area (Å²) >= 11 is 0. The van der Waals surface area contributed by atoms with Gasteiger partial charge in [-0.2, -0.15) is 0 Å². The van der Waals surface area contributed by atoms with Gasteiger partial charge in [-0.05, 0) is 30.9 Å². The van der Waals surface area contributed by atoms with Crippen LogP contribution in [-0.2, 0) is 11.3 Å². The van der Waals surface area contributed by atoms with Gasteiger partial charge in [0, 0.05) is 24.7 Å². The SMILES string of the molecule is CCCN(Cc1ccccc1N)C(=O)C1CCC1. The van der Waals surface area contributed by atoms with E-state index in [1.165, 1.54) is 6.42 Å². The number of nitrogen functional groups attached to an aromatic ring is 1. The number of hydrogen-bond donors (Lipinski definition) is 1. The maximum absolute atomic E-state index is 12.3. The van der Waals surface area contributed by atoms with Gasteiger partial charge in [0.05, 0.1) is 0 Å². The van der Waals surface area contributed by atoms with Gasteiger partial charge >= 0.3 is 0 Å². The van der Waals surface area contributed by atoms with Crippen LogP contribution in [0.3, 0.4) is 0 Å². The van der Waals surface area contributed by atoms with E-state index in [0.717, 1.165) is 37.1 Å². The molecule has 3 heteroatoms. The highest BCUT2D eigenvalue weighted by molar-refractivity contribution is 5.79. The number of amides is 1. The molecule has 0 bridgehead atoms. The molecule has 0 aliphatic heterocycles. The first-order valence-electron chi connectivity index (χ1n) is 6.84. The summed E-state index contributed by atoms with van der Waals surface area (Å²) in [6.07, 6.45) is 4.31. The number of carbonyl (C=O) groups excluding carboxylic acids is 1. The molecule has 1 saturated carbocycles. The summed E-state index contributed by atoms with van der Waals surface area (Å²) < 4.78 is 0. The van der Waals surface area contributed by atoms with Crippen LogP contribution in [0.2, 0.25) is 0 Å². The summed E-state index contributed by atoms with van der Waals surface area (Å²) in [7, 11) is 0. The Morgan fingerprint density at radius 3 is 2.67 bits per heavy atom. The molecule has 3 nitrogen and oxygen atoms in total. The van der Waals surface area contributed by atoms with E-state index in [2.05, 4.69) is 6.92 Å². The smallest absolute Gasteiger partial charge is 0.225 e. The molecule has 0 radical (unpaired) electrons. The number of rotatable bonds is 5. The van der Waals surface area contributed by atoms with Crippen molar-refractivity contribution < 1.29 is 4.79 Å².